The van der Waals surface area contributed by atoms with Crippen molar-refractivity contribution in [2.45, 2.75) is 26.5 Å². The Morgan fingerprint density at radius 1 is 1.44 bits per heavy atom. The number of hydrogen-bond acceptors (Lipinski definition) is 2. The molecular formula is C13H18ClNO. The molecular weight excluding hydrogens is 222 g/mol. The van der Waals surface area contributed by atoms with Gasteiger partial charge in [0.25, 0.3) is 0 Å². The smallest absolute Gasteiger partial charge is 0.124 e. The van der Waals surface area contributed by atoms with Gasteiger partial charge in [0.05, 0.1) is 6.10 Å². The molecule has 1 aromatic carbocycles. The lowest BCUT2D eigenvalue weighted by Gasteiger charge is -2.14. The molecule has 0 saturated carbocycles. The molecule has 0 spiro atoms. The number of nitrogens with one attached hydrogen (secondary N) is 1. The standard InChI is InChI=1S/C13H18ClNO/c1-10(2)16-13-7-5-4-6-12(13)9-15-8-11(3)14/h4-7,10,15H,3,8-9H2,1-2H3. The van der Waals surface area contributed by atoms with E-state index in [0.717, 1.165) is 17.9 Å². The third kappa shape index (κ3) is 4.69. The first-order valence-electron chi connectivity index (χ1n) is 5.38. The van der Waals surface area contributed by atoms with Crippen molar-refractivity contribution >= 4 is 11.6 Å². The highest BCUT2D eigenvalue weighted by Crippen LogP contribution is 2.19. The minimum atomic E-state index is 0.184. The summed E-state index contributed by atoms with van der Waals surface area (Å²) in [5.74, 6) is 0.921. The highest BCUT2D eigenvalue weighted by atomic mass is 35.5. The summed E-state index contributed by atoms with van der Waals surface area (Å²) in [6, 6.07) is 8.00. The van der Waals surface area contributed by atoms with E-state index in [0.29, 0.717) is 11.6 Å². The third-order valence-corrected chi connectivity index (χ3v) is 2.10. The first-order valence-corrected chi connectivity index (χ1v) is 5.76. The lowest BCUT2D eigenvalue weighted by molar-refractivity contribution is 0.239. The first kappa shape index (κ1) is 13.1. The van der Waals surface area contributed by atoms with Crippen LogP contribution in [0.5, 0.6) is 5.75 Å². The fraction of sp³-hybridized carbons (Fsp3) is 0.385. The Labute approximate surface area is 102 Å². The van der Waals surface area contributed by atoms with Crippen LogP contribution >= 0.6 is 11.6 Å². The van der Waals surface area contributed by atoms with Crippen molar-refractivity contribution in [2.24, 2.45) is 0 Å². The summed E-state index contributed by atoms with van der Waals surface area (Å²) in [5.41, 5.74) is 1.13. The number of halogens is 1. The molecule has 0 atom stereocenters. The van der Waals surface area contributed by atoms with E-state index in [4.69, 9.17) is 16.3 Å². The van der Waals surface area contributed by atoms with Gasteiger partial charge < -0.3 is 10.1 Å². The van der Waals surface area contributed by atoms with E-state index in [1.165, 1.54) is 0 Å². The van der Waals surface area contributed by atoms with Crippen LogP contribution in [0.2, 0.25) is 0 Å². The molecule has 88 valence electrons. The predicted molar refractivity (Wildman–Crippen MR) is 68.9 cm³/mol. The molecule has 0 saturated heterocycles. The number of benzene rings is 1. The van der Waals surface area contributed by atoms with E-state index in [9.17, 15) is 0 Å². The molecule has 0 unspecified atom stereocenters. The summed E-state index contributed by atoms with van der Waals surface area (Å²) in [6.45, 7) is 9.01. The topological polar surface area (TPSA) is 21.3 Å². The fourth-order valence-electron chi connectivity index (χ4n) is 1.35. The predicted octanol–water partition coefficient (Wildman–Crippen LogP) is 3.32. The highest BCUT2D eigenvalue weighted by Gasteiger charge is 2.04. The van der Waals surface area contributed by atoms with Crippen LogP contribution in [0.1, 0.15) is 19.4 Å². The molecule has 0 heterocycles. The van der Waals surface area contributed by atoms with Gasteiger partial charge in [-0.25, -0.2) is 0 Å². The van der Waals surface area contributed by atoms with Gasteiger partial charge in [-0.05, 0) is 19.9 Å². The van der Waals surface area contributed by atoms with Crippen molar-refractivity contribution in [3.8, 4) is 5.75 Å². The van der Waals surface area contributed by atoms with Gasteiger partial charge in [-0.1, -0.05) is 36.4 Å². The molecule has 1 aromatic rings. The molecule has 0 aliphatic carbocycles. The molecule has 0 bridgehead atoms. The average Bonchev–Trinajstić information content (AvgIpc) is 2.19. The first-order chi connectivity index (χ1) is 7.59. The third-order valence-electron chi connectivity index (χ3n) is 1.97. The normalized spacial score (nSPS) is 10.5. The van der Waals surface area contributed by atoms with E-state index < -0.39 is 0 Å². The van der Waals surface area contributed by atoms with E-state index in [1.54, 1.807) is 0 Å². The zero-order valence-electron chi connectivity index (χ0n) is 9.79. The van der Waals surface area contributed by atoms with Crippen LogP contribution in [-0.2, 0) is 6.54 Å². The Balaban J connectivity index is 2.60. The van der Waals surface area contributed by atoms with Crippen molar-refractivity contribution < 1.29 is 4.74 Å². The maximum Gasteiger partial charge on any atom is 0.124 e. The van der Waals surface area contributed by atoms with Gasteiger partial charge in [-0.15, -0.1) is 0 Å². The lowest BCUT2D eigenvalue weighted by Crippen LogP contribution is -2.16. The van der Waals surface area contributed by atoms with Gasteiger partial charge in [0.15, 0.2) is 0 Å². The van der Waals surface area contributed by atoms with E-state index >= 15 is 0 Å². The van der Waals surface area contributed by atoms with Crippen LogP contribution in [0.25, 0.3) is 0 Å². The fourth-order valence-corrected chi connectivity index (χ4v) is 1.45. The Kier molecular flexibility index (Phi) is 5.36. The highest BCUT2D eigenvalue weighted by molar-refractivity contribution is 6.29. The van der Waals surface area contributed by atoms with Gasteiger partial charge >= 0.3 is 0 Å². The zero-order chi connectivity index (χ0) is 12.0. The number of ether oxygens (including phenoxy) is 1. The van der Waals surface area contributed by atoms with Crippen LogP contribution < -0.4 is 10.1 Å². The van der Waals surface area contributed by atoms with Crippen LogP contribution in [0.4, 0.5) is 0 Å². The van der Waals surface area contributed by atoms with Gasteiger partial charge in [0.1, 0.15) is 5.75 Å². The Morgan fingerprint density at radius 2 is 2.12 bits per heavy atom. The van der Waals surface area contributed by atoms with Crippen molar-refractivity contribution in [3.63, 3.8) is 0 Å². The van der Waals surface area contributed by atoms with E-state index in [-0.39, 0.29) is 6.10 Å². The van der Waals surface area contributed by atoms with Crippen molar-refractivity contribution in [1.82, 2.24) is 5.32 Å². The quantitative estimate of drug-likeness (QED) is 0.823. The molecule has 0 amide bonds. The minimum Gasteiger partial charge on any atom is -0.491 e. The largest absolute Gasteiger partial charge is 0.491 e. The molecule has 2 nitrogen and oxygen atoms in total. The molecule has 3 heteroatoms. The molecule has 1 rings (SSSR count). The van der Waals surface area contributed by atoms with Crippen LogP contribution in [-0.4, -0.2) is 12.6 Å². The molecule has 0 aliphatic heterocycles. The average molecular weight is 240 g/mol. The van der Waals surface area contributed by atoms with Crippen molar-refractivity contribution in [3.05, 3.63) is 41.4 Å². The van der Waals surface area contributed by atoms with Gasteiger partial charge in [0.2, 0.25) is 0 Å². The van der Waals surface area contributed by atoms with Gasteiger partial charge in [-0.3, -0.25) is 0 Å². The molecule has 0 aromatic heterocycles. The second-order valence-corrected chi connectivity index (χ2v) is 4.43. The Morgan fingerprint density at radius 3 is 2.75 bits per heavy atom. The maximum atomic E-state index is 5.71. The number of rotatable bonds is 6. The molecule has 1 N–H and O–H groups in total. The minimum absolute atomic E-state index is 0.184. The molecule has 16 heavy (non-hydrogen) atoms. The van der Waals surface area contributed by atoms with Crippen LogP contribution in [0, 0.1) is 0 Å². The van der Waals surface area contributed by atoms with Gasteiger partial charge in [0, 0.05) is 23.7 Å². The maximum absolute atomic E-state index is 5.71. The number of hydrogen-bond donors (Lipinski definition) is 1. The second-order valence-electron chi connectivity index (χ2n) is 3.90. The van der Waals surface area contributed by atoms with Gasteiger partial charge in [-0.2, -0.15) is 0 Å². The molecule has 0 aliphatic rings. The number of para-hydroxylation sites is 1. The summed E-state index contributed by atoms with van der Waals surface area (Å²) < 4.78 is 5.71. The SMILES string of the molecule is C=C(Cl)CNCc1ccccc1OC(C)C. The summed E-state index contributed by atoms with van der Waals surface area (Å²) in [6.07, 6.45) is 0.184. The summed E-state index contributed by atoms with van der Waals surface area (Å²) in [5, 5.41) is 3.82. The van der Waals surface area contributed by atoms with E-state index in [2.05, 4.69) is 11.9 Å². The zero-order valence-corrected chi connectivity index (χ0v) is 10.6. The van der Waals surface area contributed by atoms with Crippen LogP contribution in [0.3, 0.4) is 0 Å². The second kappa shape index (κ2) is 6.56. The Bertz CT molecular complexity index is 350. The Hall–Kier alpha value is -0.990. The molecule has 0 fully saturated rings. The van der Waals surface area contributed by atoms with E-state index in [1.807, 2.05) is 38.1 Å². The monoisotopic (exact) mass is 239 g/mol. The van der Waals surface area contributed by atoms with Crippen molar-refractivity contribution in [1.29, 1.82) is 0 Å². The van der Waals surface area contributed by atoms with Crippen LogP contribution in [0.15, 0.2) is 35.9 Å². The lowest BCUT2D eigenvalue weighted by atomic mass is 10.2. The summed E-state index contributed by atoms with van der Waals surface area (Å²) >= 11 is 5.68. The summed E-state index contributed by atoms with van der Waals surface area (Å²) in [4.78, 5) is 0. The summed E-state index contributed by atoms with van der Waals surface area (Å²) in [7, 11) is 0. The molecule has 0 radical (unpaired) electrons. The van der Waals surface area contributed by atoms with Crippen molar-refractivity contribution in [2.75, 3.05) is 6.54 Å².